The molecule has 24 heavy (non-hydrogen) atoms. The highest BCUT2D eigenvalue weighted by Crippen LogP contribution is 2.42. The minimum atomic E-state index is 0.0120. The second-order valence-electron chi connectivity index (χ2n) is 7.48. The van der Waals surface area contributed by atoms with Crippen molar-refractivity contribution in [2.24, 2.45) is 15.4 Å². The number of fused-ring (bicyclic) bond motifs is 3. The van der Waals surface area contributed by atoms with Crippen LogP contribution in [0.2, 0.25) is 0 Å². The molecule has 1 aliphatic rings. The molecule has 0 atom stereocenters. The molecule has 0 amide bonds. The molecule has 1 aromatic carbocycles. The van der Waals surface area contributed by atoms with Gasteiger partial charge in [0.1, 0.15) is 0 Å². The normalized spacial score (nSPS) is 14.8. The Labute approximate surface area is 144 Å². The maximum absolute atomic E-state index is 5.00. The molecule has 3 rings (SSSR count). The largest absolute Gasteiger partial charge is 0.259 e. The zero-order valence-electron chi connectivity index (χ0n) is 15.3. The number of hydrogen-bond acceptors (Lipinski definition) is 3. The van der Waals surface area contributed by atoms with Gasteiger partial charge in [0.25, 0.3) is 0 Å². The molecule has 0 aliphatic carbocycles. The molecule has 1 aliphatic heterocycles. The van der Waals surface area contributed by atoms with Crippen LogP contribution in [0.25, 0.3) is 10.9 Å². The van der Waals surface area contributed by atoms with Crippen molar-refractivity contribution in [3.63, 3.8) is 0 Å². The third-order valence-electron chi connectivity index (χ3n) is 4.73. The highest BCUT2D eigenvalue weighted by atomic mass is 14.8. The van der Waals surface area contributed by atoms with Crippen LogP contribution in [0, 0.1) is 12.3 Å². The van der Waals surface area contributed by atoms with Gasteiger partial charge < -0.3 is 0 Å². The molecule has 0 radical (unpaired) electrons. The highest BCUT2D eigenvalue weighted by Gasteiger charge is 2.21. The van der Waals surface area contributed by atoms with E-state index in [-0.39, 0.29) is 5.41 Å². The fourth-order valence-electron chi connectivity index (χ4n) is 3.18. The van der Waals surface area contributed by atoms with Crippen molar-refractivity contribution in [1.29, 1.82) is 0 Å². The molecule has 2 heterocycles. The Morgan fingerprint density at radius 3 is 2.75 bits per heavy atom. The van der Waals surface area contributed by atoms with Gasteiger partial charge in [0.05, 0.1) is 16.9 Å². The first-order valence-electron chi connectivity index (χ1n) is 8.48. The lowest BCUT2D eigenvalue weighted by atomic mass is 9.85. The molecule has 3 nitrogen and oxygen atoms in total. The summed E-state index contributed by atoms with van der Waals surface area (Å²) in [5, 5.41) is 1.13. The van der Waals surface area contributed by atoms with Crippen LogP contribution in [0.4, 0.5) is 11.4 Å². The van der Waals surface area contributed by atoms with Crippen molar-refractivity contribution in [2.75, 3.05) is 0 Å². The minimum absolute atomic E-state index is 0.0120. The Kier molecular flexibility index (Phi) is 4.12. The number of rotatable bonds is 2. The fraction of sp³-hybridized carbons (Fsp3) is 0.381. The summed E-state index contributed by atoms with van der Waals surface area (Å²) < 4.78 is 0. The maximum atomic E-state index is 5.00. The summed E-state index contributed by atoms with van der Waals surface area (Å²) in [6.45, 7) is 15.0. The second kappa shape index (κ2) is 5.97. The minimum Gasteiger partial charge on any atom is -0.259 e. The summed E-state index contributed by atoms with van der Waals surface area (Å²) in [7, 11) is 0. The standard InChI is InChI=1S/C21H25N3/c1-13-16-9-7-11-22-19(16)20-17(10-8-12-23-20)18(13)24-15(3)14(2)21(4,5)6/h7,9,11-12H,2,8,10H2,1,3-6H3/b24-15-. The molecule has 0 spiro atoms. The number of aliphatic imine (C=N–C) groups is 2. The van der Waals surface area contributed by atoms with Gasteiger partial charge in [0.2, 0.25) is 0 Å². The monoisotopic (exact) mass is 319 g/mol. The van der Waals surface area contributed by atoms with Crippen LogP contribution in [0.15, 0.2) is 40.5 Å². The number of nitrogens with zero attached hydrogens (tertiary/aromatic N) is 3. The van der Waals surface area contributed by atoms with Crippen molar-refractivity contribution in [2.45, 2.75) is 47.5 Å². The molecule has 0 unspecified atom stereocenters. The van der Waals surface area contributed by atoms with Gasteiger partial charge in [-0.25, -0.2) is 0 Å². The predicted octanol–water partition coefficient (Wildman–Crippen LogP) is 5.89. The van der Waals surface area contributed by atoms with E-state index in [9.17, 15) is 0 Å². The predicted molar refractivity (Wildman–Crippen MR) is 104 cm³/mol. The van der Waals surface area contributed by atoms with E-state index >= 15 is 0 Å². The Hall–Kier alpha value is -2.29. The number of hydrogen-bond donors (Lipinski definition) is 0. The van der Waals surface area contributed by atoms with Gasteiger partial charge >= 0.3 is 0 Å². The number of pyridine rings is 1. The third kappa shape index (κ3) is 2.79. The molecule has 1 aromatic heterocycles. The van der Waals surface area contributed by atoms with Crippen LogP contribution in [0.3, 0.4) is 0 Å². The van der Waals surface area contributed by atoms with Gasteiger partial charge in [0.15, 0.2) is 0 Å². The van der Waals surface area contributed by atoms with Gasteiger partial charge in [-0.3, -0.25) is 15.0 Å². The van der Waals surface area contributed by atoms with E-state index in [0.717, 1.165) is 46.4 Å². The molecule has 0 bridgehead atoms. The summed E-state index contributed by atoms with van der Waals surface area (Å²) in [5.41, 5.74) is 7.47. The van der Waals surface area contributed by atoms with Gasteiger partial charge in [-0.2, -0.15) is 0 Å². The Balaban J connectivity index is 2.27. The van der Waals surface area contributed by atoms with Gasteiger partial charge in [-0.1, -0.05) is 33.4 Å². The quantitative estimate of drug-likeness (QED) is 0.636. The first kappa shape index (κ1) is 16.6. The summed E-state index contributed by atoms with van der Waals surface area (Å²) in [5.74, 6) is 0. The first-order valence-corrected chi connectivity index (χ1v) is 8.48. The SMILES string of the molecule is C=C(/C(C)=N\c1c2c(c3ncccc3c1C)N=CCC2)C(C)(C)C. The summed E-state index contributed by atoms with van der Waals surface area (Å²) >= 11 is 0. The highest BCUT2D eigenvalue weighted by molar-refractivity contribution is 6.04. The van der Waals surface area contributed by atoms with Crippen LogP contribution in [-0.4, -0.2) is 16.9 Å². The van der Waals surface area contributed by atoms with E-state index in [4.69, 9.17) is 4.99 Å². The average molecular weight is 319 g/mol. The van der Waals surface area contributed by atoms with E-state index in [0.29, 0.717) is 0 Å². The molecule has 0 saturated carbocycles. The summed E-state index contributed by atoms with van der Waals surface area (Å²) in [4.78, 5) is 14.2. The number of aromatic nitrogens is 1. The van der Waals surface area contributed by atoms with E-state index in [1.54, 1.807) is 0 Å². The lowest BCUT2D eigenvalue weighted by Crippen LogP contribution is -2.14. The van der Waals surface area contributed by atoms with Crippen LogP contribution in [-0.2, 0) is 6.42 Å². The smallest absolute Gasteiger partial charge is 0.0965 e. The molecular formula is C21H25N3. The van der Waals surface area contributed by atoms with E-state index in [2.05, 4.69) is 57.2 Å². The first-order chi connectivity index (χ1) is 11.3. The zero-order valence-corrected chi connectivity index (χ0v) is 15.3. The van der Waals surface area contributed by atoms with E-state index in [1.807, 2.05) is 18.5 Å². The van der Waals surface area contributed by atoms with E-state index in [1.165, 1.54) is 11.1 Å². The Morgan fingerprint density at radius 1 is 1.29 bits per heavy atom. The number of benzene rings is 1. The molecule has 0 fully saturated rings. The summed E-state index contributed by atoms with van der Waals surface area (Å²) in [6, 6.07) is 4.08. The Bertz CT molecular complexity index is 880. The average Bonchev–Trinajstić information content (AvgIpc) is 2.57. The van der Waals surface area contributed by atoms with Gasteiger partial charge in [-0.05, 0) is 49.3 Å². The van der Waals surface area contributed by atoms with Crippen LogP contribution in [0.1, 0.15) is 45.2 Å². The Morgan fingerprint density at radius 2 is 2.04 bits per heavy atom. The third-order valence-corrected chi connectivity index (χ3v) is 4.73. The van der Waals surface area contributed by atoms with Gasteiger partial charge in [-0.15, -0.1) is 0 Å². The maximum Gasteiger partial charge on any atom is 0.0965 e. The topological polar surface area (TPSA) is 37.6 Å². The van der Waals surface area contributed by atoms with E-state index < -0.39 is 0 Å². The molecule has 124 valence electrons. The molecule has 3 heteroatoms. The van der Waals surface area contributed by atoms with Gasteiger partial charge in [0, 0.05) is 29.1 Å². The fourth-order valence-corrected chi connectivity index (χ4v) is 3.18. The molecular weight excluding hydrogens is 294 g/mol. The number of aryl methyl sites for hydroxylation is 1. The number of allylic oxidation sites excluding steroid dienone is 1. The molecule has 2 aromatic rings. The lowest BCUT2D eigenvalue weighted by Gasteiger charge is -2.23. The van der Waals surface area contributed by atoms with Crippen molar-refractivity contribution >= 4 is 34.2 Å². The zero-order chi connectivity index (χ0) is 17.5. The molecule has 0 N–H and O–H groups in total. The van der Waals surface area contributed by atoms with Crippen molar-refractivity contribution < 1.29 is 0 Å². The van der Waals surface area contributed by atoms with Crippen LogP contribution in [0.5, 0.6) is 0 Å². The summed E-state index contributed by atoms with van der Waals surface area (Å²) in [6.07, 6.45) is 5.73. The van der Waals surface area contributed by atoms with Crippen molar-refractivity contribution in [1.82, 2.24) is 4.98 Å². The van der Waals surface area contributed by atoms with Crippen molar-refractivity contribution in [3.8, 4) is 0 Å². The second-order valence-corrected chi connectivity index (χ2v) is 7.48. The van der Waals surface area contributed by atoms with Crippen molar-refractivity contribution in [3.05, 3.63) is 41.6 Å². The molecule has 0 saturated heterocycles. The lowest BCUT2D eigenvalue weighted by molar-refractivity contribution is 0.526. The van der Waals surface area contributed by atoms with Crippen LogP contribution < -0.4 is 0 Å². The van der Waals surface area contributed by atoms with Crippen LogP contribution >= 0.6 is 0 Å².